The summed E-state index contributed by atoms with van der Waals surface area (Å²) < 4.78 is 5.91. The molecule has 5 aromatic rings. The minimum absolute atomic E-state index is 0.174. The van der Waals surface area contributed by atoms with Crippen molar-refractivity contribution >= 4 is 44.7 Å². The van der Waals surface area contributed by atoms with E-state index < -0.39 is 5.91 Å². The van der Waals surface area contributed by atoms with E-state index in [4.69, 9.17) is 11.5 Å². The van der Waals surface area contributed by atoms with Gasteiger partial charge in [-0.15, -0.1) is 0 Å². The van der Waals surface area contributed by atoms with Gasteiger partial charge >= 0.3 is 0 Å². The Labute approximate surface area is 141 Å². The molecule has 2 aromatic carbocycles. The third kappa shape index (κ3) is 1.42. The van der Waals surface area contributed by atoms with Gasteiger partial charge in [0, 0.05) is 10.9 Å². The summed E-state index contributed by atoms with van der Waals surface area (Å²) in [6, 6.07) is 7.35. The van der Waals surface area contributed by atoms with E-state index in [0.717, 1.165) is 27.6 Å². The largest absolute Gasteiger partial charge is 0.508 e. The predicted molar refractivity (Wildman–Crippen MR) is 95.1 cm³/mol. The number of carbonyl (C=O) groups excluding carboxylic acids is 1. The first kappa shape index (κ1) is 13.9. The Kier molecular flexibility index (Phi) is 2.30. The van der Waals surface area contributed by atoms with E-state index in [1.165, 1.54) is 0 Å². The molecule has 0 aliphatic heterocycles. The number of hydrogen-bond donors (Lipinski definition) is 3. The van der Waals surface area contributed by atoms with Gasteiger partial charge in [-0.2, -0.15) is 4.40 Å². The minimum atomic E-state index is -0.565. The zero-order valence-electron chi connectivity index (χ0n) is 13.7. The Morgan fingerprint density at radius 3 is 2.64 bits per heavy atom. The fourth-order valence-corrected chi connectivity index (χ4v) is 4.01. The van der Waals surface area contributed by atoms with Gasteiger partial charge in [-0.05, 0) is 31.2 Å². The molecule has 7 nitrogen and oxygen atoms in total. The maximum Gasteiger partial charge on any atom is 0.253 e. The Balaban J connectivity index is 2.29. The second-order valence-electron chi connectivity index (χ2n) is 6.46. The van der Waals surface area contributed by atoms with Crippen LogP contribution in [0.5, 0.6) is 5.75 Å². The van der Waals surface area contributed by atoms with E-state index in [1.807, 2.05) is 47.5 Å². The number of nitrogens with two attached hydrogens (primary N) is 2. The standard InChI is InChI=1S/C18H15N5O2/c1-8-12(24)6-5-11-14(8)23-15-9(13(17(23)19)18(20)25)3-4-10-16(15)22(11)7-21(10)2/h3-7H,1-2H3,(H4-,19,20,24,25)/p+1. The predicted octanol–water partition coefficient (Wildman–Crippen LogP) is 1.46. The summed E-state index contributed by atoms with van der Waals surface area (Å²) in [6.07, 6.45) is 1.98. The first-order chi connectivity index (χ1) is 11.9. The fourth-order valence-electron chi connectivity index (χ4n) is 4.01. The number of imidazole rings is 1. The minimum Gasteiger partial charge on any atom is -0.508 e. The van der Waals surface area contributed by atoms with Crippen molar-refractivity contribution in [3.63, 3.8) is 0 Å². The molecule has 5 rings (SSSR count). The highest BCUT2D eigenvalue weighted by molar-refractivity contribution is 6.18. The molecule has 0 atom stereocenters. The molecule has 25 heavy (non-hydrogen) atoms. The second kappa shape index (κ2) is 4.13. The molecule has 0 fully saturated rings. The maximum atomic E-state index is 12.1. The van der Waals surface area contributed by atoms with Crippen LogP contribution in [-0.4, -0.2) is 19.8 Å². The lowest BCUT2D eigenvalue weighted by Gasteiger charge is -2.09. The van der Waals surface area contributed by atoms with Gasteiger partial charge in [0.2, 0.25) is 11.8 Å². The van der Waals surface area contributed by atoms with Gasteiger partial charge in [0.05, 0.1) is 12.6 Å². The van der Waals surface area contributed by atoms with Crippen molar-refractivity contribution in [2.45, 2.75) is 6.92 Å². The van der Waals surface area contributed by atoms with Gasteiger partial charge in [0.15, 0.2) is 11.0 Å². The third-order valence-electron chi connectivity index (χ3n) is 5.14. The molecule has 3 aromatic heterocycles. The van der Waals surface area contributed by atoms with Crippen molar-refractivity contribution in [2.24, 2.45) is 12.8 Å². The fraction of sp³-hybridized carbons (Fsp3) is 0.111. The summed E-state index contributed by atoms with van der Waals surface area (Å²) >= 11 is 0. The number of aromatic nitrogens is 3. The van der Waals surface area contributed by atoms with E-state index in [0.29, 0.717) is 22.3 Å². The van der Waals surface area contributed by atoms with E-state index in [1.54, 1.807) is 6.07 Å². The van der Waals surface area contributed by atoms with Crippen LogP contribution >= 0.6 is 0 Å². The number of hydrogen-bond acceptors (Lipinski definition) is 3. The number of nitrogen functional groups attached to an aromatic ring is 1. The van der Waals surface area contributed by atoms with Gasteiger partial charge in [-0.1, -0.05) is 0 Å². The number of phenolic OH excluding ortho intramolecular Hbond substituents is 1. The molecule has 7 heteroatoms. The summed E-state index contributed by atoms with van der Waals surface area (Å²) in [5.74, 6) is -0.0998. The second-order valence-corrected chi connectivity index (χ2v) is 6.46. The Bertz CT molecular complexity index is 1360. The van der Waals surface area contributed by atoms with Crippen molar-refractivity contribution in [3.8, 4) is 5.75 Å². The van der Waals surface area contributed by atoms with Crippen molar-refractivity contribution < 1.29 is 14.5 Å². The van der Waals surface area contributed by atoms with Gasteiger partial charge in [-0.3, -0.25) is 9.20 Å². The molecule has 0 aliphatic carbocycles. The number of nitrogens with zero attached hydrogens (tertiary/aromatic N) is 3. The summed E-state index contributed by atoms with van der Waals surface area (Å²) in [6.45, 7) is 1.83. The van der Waals surface area contributed by atoms with Crippen LogP contribution in [0.15, 0.2) is 30.6 Å². The highest BCUT2D eigenvalue weighted by Gasteiger charge is 2.28. The molecule has 0 saturated heterocycles. The molecule has 0 aliphatic rings. The number of aromatic hydroxyl groups is 1. The molecule has 1 amide bonds. The van der Waals surface area contributed by atoms with Crippen LogP contribution in [0, 0.1) is 6.92 Å². The zero-order valence-corrected chi connectivity index (χ0v) is 13.7. The molecule has 0 saturated carbocycles. The number of aryl methyl sites for hydroxylation is 2. The molecular weight excluding hydrogens is 318 g/mol. The van der Waals surface area contributed by atoms with Crippen LogP contribution in [-0.2, 0) is 7.05 Å². The van der Waals surface area contributed by atoms with Gasteiger partial charge in [0.1, 0.15) is 22.6 Å². The number of anilines is 1. The average molecular weight is 334 g/mol. The summed E-state index contributed by atoms with van der Waals surface area (Å²) in [4.78, 5) is 12.1. The smallest absolute Gasteiger partial charge is 0.253 e. The molecular formula is C18H16N5O2+. The Hall–Kier alpha value is -3.48. The van der Waals surface area contributed by atoms with Crippen LogP contribution in [0.1, 0.15) is 15.9 Å². The van der Waals surface area contributed by atoms with Crippen LogP contribution in [0.4, 0.5) is 5.82 Å². The van der Waals surface area contributed by atoms with Crippen LogP contribution < -0.4 is 16.0 Å². The number of primary amides is 1. The number of amides is 1. The molecule has 0 radical (unpaired) electrons. The highest BCUT2D eigenvalue weighted by Crippen LogP contribution is 2.38. The van der Waals surface area contributed by atoms with Gasteiger partial charge in [-0.25, -0.2) is 4.57 Å². The van der Waals surface area contributed by atoms with Gasteiger partial charge in [0.25, 0.3) is 5.91 Å². The third-order valence-corrected chi connectivity index (χ3v) is 5.14. The number of benzene rings is 2. The van der Waals surface area contributed by atoms with E-state index >= 15 is 0 Å². The topological polar surface area (TPSA) is 102 Å². The molecule has 5 N–H and O–H groups in total. The monoisotopic (exact) mass is 334 g/mol. The summed E-state index contributed by atoms with van der Waals surface area (Å²) in [5, 5.41) is 10.9. The Morgan fingerprint density at radius 1 is 1.16 bits per heavy atom. The number of rotatable bonds is 1. The first-order valence-corrected chi connectivity index (χ1v) is 7.88. The van der Waals surface area contributed by atoms with Crippen LogP contribution in [0.3, 0.4) is 0 Å². The van der Waals surface area contributed by atoms with Crippen molar-refractivity contribution in [1.29, 1.82) is 0 Å². The van der Waals surface area contributed by atoms with Crippen molar-refractivity contribution in [1.82, 2.24) is 8.80 Å². The first-order valence-electron chi connectivity index (χ1n) is 7.88. The lowest BCUT2D eigenvalue weighted by atomic mass is 10.1. The van der Waals surface area contributed by atoms with Crippen LogP contribution in [0.25, 0.3) is 33.0 Å². The number of phenols is 1. The number of fused-ring (bicyclic) bond motifs is 3. The normalized spacial score (nSPS) is 12.2. The average Bonchev–Trinajstić information content (AvgIpc) is 3.05. The maximum absolute atomic E-state index is 12.1. The number of carbonyl (C=O) groups is 1. The van der Waals surface area contributed by atoms with E-state index in [2.05, 4.69) is 4.40 Å². The quantitative estimate of drug-likeness (QED) is 0.319. The summed E-state index contributed by atoms with van der Waals surface area (Å²) in [7, 11) is 1.97. The lowest BCUT2D eigenvalue weighted by molar-refractivity contribution is -0.645. The SMILES string of the molecule is Cc1c(O)ccc2c1n1c(N)c(C(N)=O)c3ccc4c(c31)n2c[n+]4C. The molecule has 3 heterocycles. The van der Waals surface area contributed by atoms with Crippen molar-refractivity contribution in [2.75, 3.05) is 5.73 Å². The molecule has 0 spiro atoms. The van der Waals surface area contributed by atoms with E-state index in [-0.39, 0.29) is 5.75 Å². The van der Waals surface area contributed by atoms with E-state index in [9.17, 15) is 9.90 Å². The lowest BCUT2D eigenvalue weighted by Crippen LogP contribution is -2.24. The molecule has 0 bridgehead atoms. The Morgan fingerprint density at radius 2 is 1.92 bits per heavy atom. The van der Waals surface area contributed by atoms with Crippen molar-refractivity contribution in [3.05, 3.63) is 41.7 Å². The highest BCUT2D eigenvalue weighted by atomic mass is 16.3. The van der Waals surface area contributed by atoms with Crippen LogP contribution in [0.2, 0.25) is 0 Å². The molecule has 0 unspecified atom stereocenters. The zero-order chi connectivity index (χ0) is 17.6. The summed E-state index contributed by atoms with van der Waals surface area (Å²) in [5.41, 5.74) is 17.4. The van der Waals surface area contributed by atoms with Gasteiger partial charge < -0.3 is 16.6 Å². The molecule has 124 valence electrons.